The summed E-state index contributed by atoms with van der Waals surface area (Å²) in [7, 11) is 0. The highest BCUT2D eigenvalue weighted by atomic mass is 16.4. The minimum atomic E-state index is -1.13. The van der Waals surface area contributed by atoms with Crippen LogP contribution in [0, 0.1) is 0 Å². The summed E-state index contributed by atoms with van der Waals surface area (Å²) in [6, 6.07) is 7.49. The van der Waals surface area contributed by atoms with Crippen molar-refractivity contribution in [3.05, 3.63) is 41.5 Å². The van der Waals surface area contributed by atoms with Crippen LogP contribution >= 0.6 is 0 Å². The summed E-state index contributed by atoms with van der Waals surface area (Å²) in [6.07, 6.45) is 0.896. The second-order valence-corrected chi connectivity index (χ2v) is 4.36. The zero-order valence-corrected chi connectivity index (χ0v) is 10.7. The van der Waals surface area contributed by atoms with Gasteiger partial charge >= 0.3 is 5.97 Å². The van der Waals surface area contributed by atoms with Crippen molar-refractivity contribution < 1.29 is 14.7 Å². The number of amides is 1. The fraction of sp³-hybridized carbons (Fsp3) is 0.286. The molecule has 1 aromatic rings. The van der Waals surface area contributed by atoms with Gasteiger partial charge in [0.25, 0.3) is 5.91 Å². The highest BCUT2D eigenvalue weighted by Crippen LogP contribution is 2.23. The van der Waals surface area contributed by atoms with Gasteiger partial charge in [-0.15, -0.1) is 0 Å². The minimum Gasteiger partial charge on any atom is -0.478 e. The van der Waals surface area contributed by atoms with Crippen LogP contribution in [0.2, 0.25) is 0 Å². The Kier molecular flexibility index (Phi) is 4.66. The molecule has 0 heterocycles. The molecule has 1 amide bonds. The molecular weight excluding hydrogens is 230 g/mol. The van der Waals surface area contributed by atoms with Crippen LogP contribution < -0.4 is 5.32 Å². The van der Waals surface area contributed by atoms with E-state index in [9.17, 15) is 9.59 Å². The third-order valence-electron chi connectivity index (χ3n) is 2.53. The SMILES string of the molecule is CC(=CC(=O)O)C(=O)Nc1ccccc1C(C)C. The lowest BCUT2D eigenvalue weighted by Gasteiger charge is -2.13. The first-order valence-electron chi connectivity index (χ1n) is 5.73. The number of benzene rings is 1. The highest BCUT2D eigenvalue weighted by molar-refractivity contribution is 6.06. The Hall–Kier alpha value is -2.10. The van der Waals surface area contributed by atoms with Gasteiger partial charge in [0.15, 0.2) is 0 Å². The summed E-state index contributed by atoms with van der Waals surface area (Å²) in [5.41, 5.74) is 1.91. The number of carboxylic acids is 1. The molecule has 4 nitrogen and oxygen atoms in total. The number of carbonyl (C=O) groups is 2. The van der Waals surface area contributed by atoms with Gasteiger partial charge in [-0.1, -0.05) is 32.0 Å². The monoisotopic (exact) mass is 247 g/mol. The van der Waals surface area contributed by atoms with Gasteiger partial charge in [-0.2, -0.15) is 0 Å². The first-order chi connectivity index (χ1) is 8.41. The van der Waals surface area contributed by atoms with Crippen molar-refractivity contribution in [2.24, 2.45) is 0 Å². The van der Waals surface area contributed by atoms with E-state index in [1.807, 2.05) is 32.0 Å². The lowest BCUT2D eigenvalue weighted by molar-refractivity contribution is -0.131. The Labute approximate surface area is 106 Å². The van der Waals surface area contributed by atoms with E-state index in [2.05, 4.69) is 5.32 Å². The van der Waals surface area contributed by atoms with Crippen molar-refractivity contribution >= 4 is 17.6 Å². The van der Waals surface area contributed by atoms with E-state index in [4.69, 9.17) is 5.11 Å². The Morgan fingerprint density at radius 2 is 1.89 bits per heavy atom. The number of carboxylic acid groups (broad SMARTS) is 1. The van der Waals surface area contributed by atoms with Crippen LogP contribution in [0.4, 0.5) is 5.69 Å². The summed E-state index contributed by atoms with van der Waals surface area (Å²) in [5, 5.41) is 11.3. The minimum absolute atomic E-state index is 0.168. The summed E-state index contributed by atoms with van der Waals surface area (Å²) in [5.74, 6) is -1.24. The van der Waals surface area contributed by atoms with Crippen molar-refractivity contribution in [3.8, 4) is 0 Å². The number of para-hydroxylation sites is 1. The van der Waals surface area contributed by atoms with Crippen LogP contribution in [0.3, 0.4) is 0 Å². The molecule has 0 aliphatic rings. The molecule has 96 valence electrons. The fourth-order valence-electron chi connectivity index (χ4n) is 1.59. The molecule has 0 aliphatic carbocycles. The van der Waals surface area contributed by atoms with Crippen LogP contribution in [0.1, 0.15) is 32.3 Å². The molecular formula is C14H17NO3. The van der Waals surface area contributed by atoms with E-state index < -0.39 is 11.9 Å². The standard InChI is InChI=1S/C14H17NO3/c1-9(2)11-6-4-5-7-12(11)15-14(18)10(3)8-13(16)17/h4-9H,1-3H3,(H,15,18)(H,16,17). The molecule has 1 rings (SSSR count). The Bertz CT molecular complexity index is 490. The quantitative estimate of drug-likeness (QED) is 0.804. The molecule has 0 aromatic heterocycles. The van der Waals surface area contributed by atoms with E-state index in [1.165, 1.54) is 6.92 Å². The highest BCUT2D eigenvalue weighted by Gasteiger charge is 2.10. The number of rotatable bonds is 4. The summed E-state index contributed by atoms with van der Waals surface area (Å²) >= 11 is 0. The number of anilines is 1. The number of carbonyl (C=O) groups excluding carboxylic acids is 1. The lowest BCUT2D eigenvalue weighted by Crippen LogP contribution is -2.15. The number of aliphatic carboxylic acids is 1. The van der Waals surface area contributed by atoms with Crippen LogP contribution in [-0.2, 0) is 9.59 Å². The predicted octanol–water partition coefficient (Wildman–Crippen LogP) is 2.78. The molecule has 4 heteroatoms. The third-order valence-corrected chi connectivity index (χ3v) is 2.53. The van der Waals surface area contributed by atoms with E-state index in [1.54, 1.807) is 6.07 Å². The average Bonchev–Trinajstić information content (AvgIpc) is 2.28. The molecule has 18 heavy (non-hydrogen) atoms. The molecule has 0 spiro atoms. The maximum Gasteiger partial charge on any atom is 0.328 e. The molecule has 0 radical (unpaired) electrons. The molecule has 0 saturated carbocycles. The van der Waals surface area contributed by atoms with Gasteiger partial charge in [0.2, 0.25) is 0 Å². The lowest BCUT2D eigenvalue weighted by atomic mass is 10.0. The Balaban J connectivity index is 2.92. The third kappa shape index (κ3) is 3.73. The summed E-state index contributed by atoms with van der Waals surface area (Å²) in [4.78, 5) is 22.3. The van der Waals surface area contributed by atoms with Gasteiger partial charge in [-0.25, -0.2) is 4.79 Å². The first kappa shape index (κ1) is 14.0. The molecule has 0 aliphatic heterocycles. The van der Waals surface area contributed by atoms with Crippen molar-refractivity contribution in [1.82, 2.24) is 0 Å². The van der Waals surface area contributed by atoms with Gasteiger partial charge < -0.3 is 10.4 Å². The molecule has 2 N–H and O–H groups in total. The number of nitrogens with one attached hydrogen (secondary N) is 1. The molecule has 0 unspecified atom stereocenters. The van der Waals surface area contributed by atoms with Crippen LogP contribution in [0.15, 0.2) is 35.9 Å². The van der Waals surface area contributed by atoms with Crippen LogP contribution in [0.25, 0.3) is 0 Å². The van der Waals surface area contributed by atoms with Gasteiger partial charge in [0.05, 0.1) is 0 Å². The Morgan fingerprint density at radius 1 is 1.28 bits per heavy atom. The maximum atomic E-state index is 11.8. The van der Waals surface area contributed by atoms with E-state index >= 15 is 0 Å². The van der Waals surface area contributed by atoms with Crippen molar-refractivity contribution in [2.75, 3.05) is 5.32 Å². The molecule has 0 bridgehead atoms. The van der Waals surface area contributed by atoms with Crippen molar-refractivity contribution in [3.63, 3.8) is 0 Å². The first-order valence-corrected chi connectivity index (χ1v) is 5.73. The fourth-order valence-corrected chi connectivity index (χ4v) is 1.59. The van der Waals surface area contributed by atoms with Crippen LogP contribution in [-0.4, -0.2) is 17.0 Å². The molecule has 0 atom stereocenters. The number of hydrogen-bond donors (Lipinski definition) is 2. The zero-order chi connectivity index (χ0) is 13.7. The van der Waals surface area contributed by atoms with Gasteiger partial charge in [-0.3, -0.25) is 4.79 Å². The topological polar surface area (TPSA) is 66.4 Å². The normalized spacial score (nSPS) is 11.4. The second-order valence-electron chi connectivity index (χ2n) is 4.36. The molecule has 1 aromatic carbocycles. The average molecular weight is 247 g/mol. The van der Waals surface area contributed by atoms with E-state index in [0.29, 0.717) is 0 Å². The van der Waals surface area contributed by atoms with E-state index in [0.717, 1.165) is 17.3 Å². The summed E-state index contributed by atoms with van der Waals surface area (Å²) < 4.78 is 0. The maximum absolute atomic E-state index is 11.8. The molecule has 0 fully saturated rings. The second kappa shape index (κ2) is 6.00. The number of hydrogen-bond acceptors (Lipinski definition) is 2. The summed E-state index contributed by atoms with van der Waals surface area (Å²) in [6.45, 7) is 5.54. The van der Waals surface area contributed by atoms with Crippen LogP contribution in [0.5, 0.6) is 0 Å². The Morgan fingerprint density at radius 3 is 2.44 bits per heavy atom. The molecule has 0 saturated heterocycles. The van der Waals surface area contributed by atoms with Gasteiger partial charge in [0.1, 0.15) is 0 Å². The van der Waals surface area contributed by atoms with Crippen molar-refractivity contribution in [2.45, 2.75) is 26.7 Å². The van der Waals surface area contributed by atoms with E-state index in [-0.39, 0.29) is 11.5 Å². The van der Waals surface area contributed by atoms with Crippen molar-refractivity contribution in [1.29, 1.82) is 0 Å². The predicted molar refractivity (Wildman–Crippen MR) is 70.6 cm³/mol. The zero-order valence-electron chi connectivity index (χ0n) is 10.7. The largest absolute Gasteiger partial charge is 0.478 e. The van der Waals surface area contributed by atoms with Gasteiger partial charge in [0, 0.05) is 17.3 Å². The van der Waals surface area contributed by atoms with Gasteiger partial charge in [-0.05, 0) is 24.5 Å². The smallest absolute Gasteiger partial charge is 0.328 e.